The Labute approximate surface area is 99.5 Å². The predicted molar refractivity (Wildman–Crippen MR) is 62.3 cm³/mol. The van der Waals surface area contributed by atoms with E-state index in [1.54, 1.807) is 12.1 Å². The molecule has 0 aliphatic heterocycles. The van der Waals surface area contributed by atoms with Crippen molar-refractivity contribution >= 4 is 12.2 Å². The van der Waals surface area contributed by atoms with Crippen molar-refractivity contribution in [2.75, 3.05) is 6.61 Å². The van der Waals surface area contributed by atoms with Gasteiger partial charge < -0.3 is 4.74 Å². The first-order valence-corrected chi connectivity index (χ1v) is 5.46. The monoisotopic (exact) mass is 236 g/mol. The number of unbranched alkanes of at least 4 members (excludes halogenated alkanes) is 2. The molecule has 17 heavy (non-hydrogen) atoms. The van der Waals surface area contributed by atoms with E-state index in [0.717, 1.165) is 31.2 Å². The highest BCUT2D eigenvalue weighted by Gasteiger charge is 2.03. The number of hydrogen-bond donors (Lipinski definition) is 0. The molecule has 0 unspecified atom stereocenters. The molecular weight excluding hydrogens is 222 g/mol. The van der Waals surface area contributed by atoms with Crippen molar-refractivity contribution in [1.29, 1.82) is 0 Å². The van der Waals surface area contributed by atoms with Gasteiger partial charge >= 0.3 is 6.47 Å². The highest BCUT2D eigenvalue weighted by atomic mass is 16.6. The average molecular weight is 236 g/mol. The molecule has 1 rings (SSSR count). The molecule has 0 atom stereocenters. The smallest absolute Gasteiger partial charge is 0.417 e. The lowest BCUT2D eigenvalue weighted by Gasteiger charge is -2.01. The van der Waals surface area contributed by atoms with Gasteiger partial charge in [0.25, 0.3) is 5.69 Å². The third-order valence-electron chi connectivity index (χ3n) is 2.42. The molecule has 0 amide bonds. The van der Waals surface area contributed by atoms with Crippen LogP contribution in [0.3, 0.4) is 0 Å². The number of rotatable bonds is 8. The Bertz CT molecular complexity index is 361. The van der Waals surface area contributed by atoms with Crippen LogP contribution >= 0.6 is 0 Å². The van der Waals surface area contributed by atoms with Gasteiger partial charge in [0, 0.05) is 12.1 Å². The SMILES string of the molecule is O=[C]OCCCCCc1ccc([N+](=O)[O-])cc1. The van der Waals surface area contributed by atoms with Gasteiger partial charge in [-0.25, -0.2) is 4.79 Å². The van der Waals surface area contributed by atoms with Crippen molar-refractivity contribution in [2.24, 2.45) is 0 Å². The first-order valence-electron chi connectivity index (χ1n) is 5.46. The van der Waals surface area contributed by atoms with Crippen molar-refractivity contribution in [3.05, 3.63) is 39.9 Å². The maximum Gasteiger partial charge on any atom is 0.417 e. The van der Waals surface area contributed by atoms with Gasteiger partial charge in [0.15, 0.2) is 0 Å². The summed E-state index contributed by atoms with van der Waals surface area (Å²) in [5, 5.41) is 10.4. The van der Waals surface area contributed by atoms with Gasteiger partial charge in [0.05, 0.1) is 11.5 Å². The Balaban J connectivity index is 2.23. The van der Waals surface area contributed by atoms with Crippen LogP contribution in [0.5, 0.6) is 0 Å². The molecule has 0 heterocycles. The molecule has 0 saturated heterocycles. The molecule has 91 valence electrons. The molecule has 0 aliphatic carbocycles. The number of nitrogens with zero attached hydrogens (tertiary/aromatic N) is 1. The van der Waals surface area contributed by atoms with Gasteiger partial charge in [-0.3, -0.25) is 10.1 Å². The van der Waals surface area contributed by atoms with E-state index in [4.69, 9.17) is 0 Å². The summed E-state index contributed by atoms with van der Waals surface area (Å²) in [6.07, 6.45) is 3.63. The molecule has 5 heteroatoms. The predicted octanol–water partition coefficient (Wildman–Crippen LogP) is 2.39. The summed E-state index contributed by atoms with van der Waals surface area (Å²) in [6, 6.07) is 6.57. The van der Waals surface area contributed by atoms with Crippen molar-refractivity contribution in [2.45, 2.75) is 25.7 Å². The van der Waals surface area contributed by atoms with Crippen molar-refractivity contribution < 1.29 is 14.5 Å². The summed E-state index contributed by atoms with van der Waals surface area (Å²) < 4.78 is 4.45. The molecule has 0 bridgehead atoms. The molecule has 1 aromatic carbocycles. The summed E-state index contributed by atoms with van der Waals surface area (Å²) >= 11 is 0. The molecule has 1 radical (unpaired) electrons. The maximum atomic E-state index is 10.4. The summed E-state index contributed by atoms with van der Waals surface area (Å²) in [5.41, 5.74) is 1.20. The Hall–Kier alpha value is -1.91. The maximum absolute atomic E-state index is 10.4. The van der Waals surface area contributed by atoms with Gasteiger partial charge in [0.1, 0.15) is 0 Å². The van der Waals surface area contributed by atoms with Gasteiger partial charge in [0.2, 0.25) is 0 Å². The number of ether oxygens (including phenoxy) is 1. The van der Waals surface area contributed by atoms with E-state index in [0.29, 0.717) is 6.61 Å². The van der Waals surface area contributed by atoms with Gasteiger partial charge in [-0.1, -0.05) is 12.1 Å². The van der Waals surface area contributed by atoms with Crippen molar-refractivity contribution in [1.82, 2.24) is 0 Å². The van der Waals surface area contributed by atoms with E-state index in [1.165, 1.54) is 18.6 Å². The first kappa shape index (κ1) is 13.2. The molecule has 0 saturated carbocycles. The summed E-state index contributed by atoms with van der Waals surface area (Å²) in [6.45, 7) is 1.79. The van der Waals surface area contributed by atoms with Crippen LogP contribution in [0.1, 0.15) is 24.8 Å². The van der Waals surface area contributed by atoms with E-state index >= 15 is 0 Å². The molecule has 0 aliphatic rings. The fourth-order valence-electron chi connectivity index (χ4n) is 1.51. The number of nitro benzene ring substituents is 1. The van der Waals surface area contributed by atoms with Crippen molar-refractivity contribution in [3.8, 4) is 0 Å². The quantitative estimate of drug-likeness (QED) is 0.395. The first-order chi connectivity index (χ1) is 8.24. The number of aryl methyl sites for hydroxylation is 1. The minimum Gasteiger partial charge on any atom is -0.457 e. The zero-order valence-electron chi connectivity index (χ0n) is 9.43. The zero-order chi connectivity index (χ0) is 12.5. The van der Waals surface area contributed by atoms with Crippen LogP contribution in [0.25, 0.3) is 0 Å². The third kappa shape index (κ3) is 5.10. The number of non-ortho nitro benzene ring substituents is 1. The van der Waals surface area contributed by atoms with Crippen LogP contribution in [-0.4, -0.2) is 18.0 Å². The second-order valence-corrected chi connectivity index (χ2v) is 3.67. The van der Waals surface area contributed by atoms with E-state index in [9.17, 15) is 14.9 Å². The van der Waals surface area contributed by atoms with E-state index in [-0.39, 0.29) is 5.69 Å². The normalized spacial score (nSPS) is 9.88. The van der Waals surface area contributed by atoms with E-state index in [1.807, 2.05) is 0 Å². The number of benzene rings is 1. The van der Waals surface area contributed by atoms with E-state index < -0.39 is 4.92 Å². The third-order valence-corrected chi connectivity index (χ3v) is 2.42. The molecule has 0 spiro atoms. The minimum absolute atomic E-state index is 0.115. The Morgan fingerprint density at radius 2 is 1.88 bits per heavy atom. The zero-order valence-corrected chi connectivity index (χ0v) is 9.43. The van der Waals surface area contributed by atoms with Crippen LogP contribution in [0.4, 0.5) is 5.69 Å². The molecule has 0 N–H and O–H groups in total. The number of nitro groups is 1. The minimum atomic E-state index is -0.406. The van der Waals surface area contributed by atoms with Gasteiger partial charge in [-0.2, -0.15) is 0 Å². The summed E-state index contributed by atoms with van der Waals surface area (Å²) in [5.74, 6) is 0. The van der Waals surface area contributed by atoms with Crippen LogP contribution in [0, 0.1) is 10.1 Å². The highest BCUT2D eigenvalue weighted by molar-refractivity contribution is 5.38. The summed E-state index contributed by atoms with van der Waals surface area (Å²) in [7, 11) is 0. The lowest BCUT2D eigenvalue weighted by molar-refractivity contribution is -0.384. The Morgan fingerprint density at radius 3 is 2.47 bits per heavy atom. The number of hydrogen-bond acceptors (Lipinski definition) is 4. The molecule has 1 aromatic rings. The lowest BCUT2D eigenvalue weighted by atomic mass is 10.1. The second kappa shape index (κ2) is 7.38. The highest BCUT2D eigenvalue weighted by Crippen LogP contribution is 2.13. The lowest BCUT2D eigenvalue weighted by Crippen LogP contribution is -1.93. The fourth-order valence-corrected chi connectivity index (χ4v) is 1.51. The molecule has 5 nitrogen and oxygen atoms in total. The molecule has 0 aromatic heterocycles. The van der Waals surface area contributed by atoms with Crippen LogP contribution in [0.2, 0.25) is 0 Å². The van der Waals surface area contributed by atoms with Crippen molar-refractivity contribution in [3.63, 3.8) is 0 Å². The van der Waals surface area contributed by atoms with Crippen LogP contribution in [0.15, 0.2) is 24.3 Å². The standard InChI is InChI=1S/C12H14NO4/c14-10-17-9-3-1-2-4-11-5-7-12(8-6-11)13(15)16/h5-8H,1-4,9H2. The molecular formula is C12H14NO4. The Morgan fingerprint density at radius 1 is 1.18 bits per heavy atom. The van der Waals surface area contributed by atoms with E-state index in [2.05, 4.69) is 4.74 Å². The summed E-state index contributed by atoms with van der Waals surface area (Å²) in [4.78, 5) is 19.8. The van der Waals surface area contributed by atoms with Crippen LogP contribution < -0.4 is 0 Å². The average Bonchev–Trinajstić information content (AvgIpc) is 2.34. The Kier molecular flexibility index (Phi) is 5.71. The fraction of sp³-hybridized carbons (Fsp3) is 0.417. The van der Waals surface area contributed by atoms with Crippen LogP contribution in [-0.2, 0) is 16.0 Å². The second-order valence-electron chi connectivity index (χ2n) is 3.67. The van der Waals surface area contributed by atoms with Gasteiger partial charge in [-0.05, 0) is 31.2 Å². The number of carbonyl (C=O) groups excluding carboxylic acids is 1. The van der Waals surface area contributed by atoms with Gasteiger partial charge in [-0.15, -0.1) is 0 Å². The largest absolute Gasteiger partial charge is 0.457 e. The molecule has 0 fully saturated rings. The topological polar surface area (TPSA) is 69.4 Å².